The quantitative estimate of drug-likeness (QED) is 0.228. The number of hydrogen-bond donors (Lipinski definition) is 0. The van der Waals surface area contributed by atoms with Gasteiger partial charge in [-0.2, -0.15) is 0 Å². The molecule has 0 N–H and O–H groups in total. The topological polar surface area (TPSA) is 0 Å². The Bertz CT molecular complexity index is 153. The van der Waals surface area contributed by atoms with Crippen molar-refractivity contribution in [3.63, 3.8) is 0 Å². The fraction of sp³-hybridized carbons (Fsp3) is 1.00. The van der Waals surface area contributed by atoms with Crippen LogP contribution in [0.5, 0.6) is 0 Å². The van der Waals surface area contributed by atoms with Crippen molar-refractivity contribution in [1.29, 1.82) is 0 Å². The molecule has 0 spiro atoms. The summed E-state index contributed by atoms with van der Waals surface area (Å²) in [5, 5.41) is 0. The van der Waals surface area contributed by atoms with Crippen LogP contribution in [0.4, 0.5) is 0 Å². The lowest BCUT2D eigenvalue weighted by atomic mass is 10.0. The SMILES string of the molecule is CCCCCCCCCC([Si])CCCCCCCC[Si]. The van der Waals surface area contributed by atoms with Crippen molar-refractivity contribution >= 4 is 20.5 Å². The first-order valence-electron chi connectivity index (χ1n) is 9.17. The Morgan fingerprint density at radius 3 is 1.45 bits per heavy atom. The van der Waals surface area contributed by atoms with Gasteiger partial charge in [0.15, 0.2) is 0 Å². The maximum Gasteiger partial charge on any atom is 0.0266 e. The molecule has 0 fully saturated rings. The van der Waals surface area contributed by atoms with E-state index in [1.54, 1.807) is 0 Å². The molecule has 116 valence electrons. The van der Waals surface area contributed by atoms with E-state index >= 15 is 0 Å². The third-order valence-corrected chi connectivity index (χ3v) is 5.07. The lowest BCUT2D eigenvalue weighted by Crippen LogP contribution is -1.93. The maximum atomic E-state index is 3.91. The van der Waals surface area contributed by atoms with Crippen LogP contribution < -0.4 is 0 Å². The van der Waals surface area contributed by atoms with Gasteiger partial charge in [0.25, 0.3) is 0 Å². The Morgan fingerprint density at radius 1 is 0.600 bits per heavy atom. The lowest BCUT2D eigenvalue weighted by molar-refractivity contribution is 0.531. The van der Waals surface area contributed by atoms with Gasteiger partial charge >= 0.3 is 0 Å². The zero-order valence-corrected chi connectivity index (χ0v) is 15.9. The summed E-state index contributed by atoms with van der Waals surface area (Å²) in [5.41, 5.74) is 0.771. The van der Waals surface area contributed by atoms with Gasteiger partial charge in [-0.05, 0) is 0 Å². The molecule has 20 heavy (non-hydrogen) atoms. The average molecular weight is 309 g/mol. The van der Waals surface area contributed by atoms with E-state index in [0.29, 0.717) is 0 Å². The summed E-state index contributed by atoms with van der Waals surface area (Å²) in [7, 11) is 7.45. The van der Waals surface area contributed by atoms with Crippen LogP contribution in [-0.4, -0.2) is 20.5 Å². The fourth-order valence-electron chi connectivity index (χ4n) is 2.72. The van der Waals surface area contributed by atoms with Gasteiger partial charge in [-0.25, -0.2) is 0 Å². The molecule has 0 bridgehead atoms. The summed E-state index contributed by atoms with van der Waals surface area (Å²) in [6.45, 7) is 2.29. The molecular weight excluding hydrogens is 272 g/mol. The lowest BCUT2D eigenvalue weighted by Gasteiger charge is -2.10. The molecule has 0 aliphatic rings. The van der Waals surface area contributed by atoms with Crippen molar-refractivity contribution in [2.75, 3.05) is 0 Å². The van der Waals surface area contributed by atoms with Gasteiger partial charge in [-0.1, -0.05) is 115 Å². The summed E-state index contributed by atoms with van der Waals surface area (Å²) in [6, 6.07) is 1.17. The monoisotopic (exact) mass is 308 g/mol. The van der Waals surface area contributed by atoms with Crippen LogP contribution in [-0.2, 0) is 0 Å². The number of hydrogen-bond acceptors (Lipinski definition) is 0. The molecule has 0 aromatic rings. The van der Waals surface area contributed by atoms with Gasteiger partial charge in [0.05, 0.1) is 0 Å². The Kier molecular flexibility index (Phi) is 17.9. The van der Waals surface area contributed by atoms with Crippen molar-refractivity contribution < 1.29 is 0 Å². The summed E-state index contributed by atoms with van der Waals surface area (Å²) in [5.74, 6) is 0. The van der Waals surface area contributed by atoms with Crippen molar-refractivity contribution in [2.24, 2.45) is 0 Å². The molecule has 2 heteroatoms. The Balaban J connectivity index is 3.11. The second-order valence-electron chi connectivity index (χ2n) is 6.27. The summed E-state index contributed by atoms with van der Waals surface area (Å²) < 4.78 is 0. The molecule has 0 amide bonds. The molecule has 0 aromatic carbocycles. The Hall–Kier alpha value is 0.434. The van der Waals surface area contributed by atoms with Crippen LogP contribution in [0.3, 0.4) is 0 Å². The molecule has 0 rings (SSSR count). The van der Waals surface area contributed by atoms with Crippen molar-refractivity contribution in [1.82, 2.24) is 0 Å². The molecule has 0 aliphatic carbocycles. The van der Waals surface area contributed by atoms with Crippen molar-refractivity contribution in [2.45, 2.75) is 115 Å². The van der Waals surface area contributed by atoms with Gasteiger partial charge in [0.1, 0.15) is 0 Å². The van der Waals surface area contributed by atoms with Crippen LogP contribution in [0.2, 0.25) is 11.6 Å². The predicted octanol–water partition coefficient (Wildman–Crippen LogP) is 6.40. The maximum absolute atomic E-state index is 3.91. The molecule has 1 unspecified atom stereocenters. The third-order valence-electron chi connectivity index (χ3n) is 4.14. The standard InChI is InChI=1S/C18H36Si2/c1-2-3-4-5-6-9-12-15-18(20)16-13-10-7-8-11-14-17-19/h18H,2-17H2,1H3. The van der Waals surface area contributed by atoms with Crippen LogP contribution in [0.15, 0.2) is 0 Å². The van der Waals surface area contributed by atoms with Crippen LogP contribution in [0.1, 0.15) is 103 Å². The summed E-state index contributed by atoms with van der Waals surface area (Å²) in [6.07, 6.45) is 21.2. The first kappa shape index (κ1) is 20.4. The molecule has 0 heterocycles. The number of rotatable bonds is 16. The fourth-order valence-corrected chi connectivity index (χ4v) is 3.37. The minimum atomic E-state index is 0.771. The largest absolute Gasteiger partial charge is 0.0654 e. The van der Waals surface area contributed by atoms with Crippen LogP contribution >= 0.6 is 0 Å². The van der Waals surface area contributed by atoms with Gasteiger partial charge in [0, 0.05) is 20.5 Å². The molecule has 1 atom stereocenters. The van der Waals surface area contributed by atoms with Gasteiger partial charge in [-0.3, -0.25) is 0 Å². The molecule has 0 saturated carbocycles. The third kappa shape index (κ3) is 16.5. The Morgan fingerprint density at radius 2 is 1.00 bits per heavy atom. The smallest absolute Gasteiger partial charge is 0.0266 e. The van der Waals surface area contributed by atoms with Crippen molar-refractivity contribution in [3.05, 3.63) is 0 Å². The number of unbranched alkanes of at least 4 members (excludes halogenated alkanes) is 11. The highest BCUT2D eigenvalue weighted by atomic mass is 28.1. The zero-order chi connectivity index (χ0) is 14.9. The van der Waals surface area contributed by atoms with E-state index in [1.165, 1.54) is 102 Å². The van der Waals surface area contributed by atoms with Gasteiger partial charge in [0.2, 0.25) is 0 Å². The highest BCUT2D eigenvalue weighted by Gasteiger charge is 2.02. The highest BCUT2D eigenvalue weighted by molar-refractivity contribution is 6.11. The predicted molar refractivity (Wildman–Crippen MR) is 95.0 cm³/mol. The van der Waals surface area contributed by atoms with E-state index in [-0.39, 0.29) is 0 Å². The first-order chi connectivity index (χ1) is 9.81. The molecule has 0 aliphatic heterocycles. The van der Waals surface area contributed by atoms with Crippen LogP contribution in [0, 0.1) is 0 Å². The second-order valence-corrected chi connectivity index (χ2v) is 7.58. The van der Waals surface area contributed by atoms with E-state index in [1.807, 2.05) is 0 Å². The molecule has 0 saturated heterocycles. The van der Waals surface area contributed by atoms with E-state index in [2.05, 4.69) is 27.4 Å². The van der Waals surface area contributed by atoms with E-state index in [0.717, 1.165) is 5.54 Å². The van der Waals surface area contributed by atoms with Crippen molar-refractivity contribution in [3.8, 4) is 0 Å². The summed E-state index contributed by atoms with van der Waals surface area (Å²) >= 11 is 0. The van der Waals surface area contributed by atoms with Crippen LogP contribution in [0.25, 0.3) is 0 Å². The Labute approximate surface area is 135 Å². The van der Waals surface area contributed by atoms with E-state index in [9.17, 15) is 0 Å². The summed E-state index contributed by atoms with van der Waals surface area (Å²) in [4.78, 5) is 0. The molecular formula is C18H36Si2. The normalized spacial score (nSPS) is 12.8. The molecule has 0 aromatic heterocycles. The highest BCUT2D eigenvalue weighted by Crippen LogP contribution is 2.20. The van der Waals surface area contributed by atoms with Gasteiger partial charge in [-0.15, -0.1) is 0 Å². The molecule has 0 nitrogen and oxygen atoms in total. The van der Waals surface area contributed by atoms with E-state index in [4.69, 9.17) is 0 Å². The second kappa shape index (κ2) is 17.5. The minimum Gasteiger partial charge on any atom is -0.0654 e. The first-order valence-corrected chi connectivity index (χ1v) is 10.5. The molecule has 6 radical (unpaired) electrons. The zero-order valence-electron chi connectivity index (χ0n) is 13.9. The van der Waals surface area contributed by atoms with E-state index < -0.39 is 0 Å². The average Bonchev–Trinajstić information content (AvgIpc) is 2.45. The minimum absolute atomic E-state index is 0.771. The van der Waals surface area contributed by atoms with Gasteiger partial charge < -0.3 is 0 Å².